The molecule has 0 aliphatic carbocycles. The molecule has 2 aromatic rings. The molecule has 2 aliphatic heterocycles. The fourth-order valence-electron chi connectivity index (χ4n) is 2.78. The van der Waals surface area contributed by atoms with Gasteiger partial charge in [0.25, 0.3) is 5.91 Å². The number of amides is 3. The van der Waals surface area contributed by atoms with E-state index in [4.69, 9.17) is 9.47 Å². The van der Waals surface area contributed by atoms with E-state index < -0.39 is 5.91 Å². The van der Waals surface area contributed by atoms with Crippen LogP contribution in [0.2, 0.25) is 0 Å². The van der Waals surface area contributed by atoms with Crippen molar-refractivity contribution in [1.29, 1.82) is 0 Å². The Balaban J connectivity index is 1.56. The molecule has 2 aromatic carbocycles. The molecule has 0 saturated carbocycles. The lowest BCUT2D eigenvalue weighted by Gasteiger charge is -2.15. The lowest BCUT2D eigenvalue weighted by Crippen LogP contribution is -2.27. The largest absolute Gasteiger partial charge is 0.507 e. The Kier molecular flexibility index (Phi) is 3.57. The number of rotatable bonds is 3. The third-order valence-electron chi connectivity index (χ3n) is 4.01. The molecule has 1 fully saturated rings. The number of hydrogen-bond donors (Lipinski definition) is 3. The van der Waals surface area contributed by atoms with Gasteiger partial charge in [-0.15, -0.1) is 0 Å². The molecule has 128 valence electrons. The number of carbonyl (C=O) groups is 2. The maximum atomic E-state index is 12.5. The second-order valence-corrected chi connectivity index (χ2v) is 5.61. The maximum absolute atomic E-state index is 12.5. The second-order valence-electron chi connectivity index (χ2n) is 5.61. The molecule has 0 unspecified atom stereocenters. The van der Waals surface area contributed by atoms with Gasteiger partial charge in [0.2, 0.25) is 6.79 Å². The number of phenols is 1. The van der Waals surface area contributed by atoms with Gasteiger partial charge in [-0.3, -0.25) is 9.69 Å². The van der Waals surface area contributed by atoms with Gasteiger partial charge in [-0.05, 0) is 18.2 Å². The Morgan fingerprint density at radius 2 is 2.00 bits per heavy atom. The van der Waals surface area contributed by atoms with E-state index in [9.17, 15) is 14.7 Å². The first-order chi connectivity index (χ1) is 12.1. The van der Waals surface area contributed by atoms with Gasteiger partial charge in [-0.25, -0.2) is 4.79 Å². The normalized spacial score (nSPS) is 15.2. The van der Waals surface area contributed by atoms with Crippen molar-refractivity contribution in [2.45, 2.75) is 0 Å². The van der Waals surface area contributed by atoms with Crippen molar-refractivity contribution in [1.82, 2.24) is 5.32 Å². The SMILES string of the molecule is O=C(Nc1cccc(N2CCNC2=O)c1)c1cc2c(cc1O)OCO2. The topological polar surface area (TPSA) is 100 Å². The van der Waals surface area contributed by atoms with Crippen molar-refractivity contribution in [3.8, 4) is 17.2 Å². The maximum Gasteiger partial charge on any atom is 0.321 e. The van der Waals surface area contributed by atoms with Crippen molar-refractivity contribution >= 4 is 23.3 Å². The van der Waals surface area contributed by atoms with Crippen molar-refractivity contribution in [2.75, 3.05) is 30.1 Å². The summed E-state index contributed by atoms with van der Waals surface area (Å²) in [6.07, 6.45) is 0. The van der Waals surface area contributed by atoms with Crippen LogP contribution in [0.4, 0.5) is 16.2 Å². The minimum Gasteiger partial charge on any atom is -0.507 e. The zero-order valence-corrected chi connectivity index (χ0v) is 13.1. The highest BCUT2D eigenvalue weighted by atomic mass is 16.7. The first-order valence-corrected chi connectivity index (χ1v) is 7.71. The van der Waals surface area contributed by atoms with E-state index in [0.29, 0.717) is 36.0 Å². The predicted octanol–water partition coefficient (Wildman–Crippen LogP) is 1.90. The summed E-state index contributed by atoms with van der Waals surface area (Å²) in [5.74, 6) is 0.122. The van der Waals surface area contributed by atoms with Gasteiger partial charge in [0, 0.05) is 36.6 Å². The number of nitrogens with zero attached hydrogens (tertiary/aromatic N) is 1. The second kappa shape index (κ2) is 5.90. The summed E-state index contributed by atoms with van der Waals surface area (Å²) in [6.45, 7) is 1.21. The summed E-state index contributed by atoms with van der Waals surface area (Å²) < 4.78 is 10.4. The number of anilines is 2. The fourth-order valence-corrected chi connectivity index (χ4v) is 2.78. The van der Waals surface area contributed by atoms with Crippen molar-refractivity contribution < 1.29 is 24.2 Å². The van der Waals surface area contributed by atoms with E-state index in [1.54, 1.807) is 29.2 Å². The molecule has 2 aliphatic rings. The average Bonchev–Trinajstić information content (AvgIpc) is 3.22. The van der Waals surface area contributed by atoms with Gasteiger partial charge in [-0.2, -0.15) is 0 Å². The number of phenolic OH excluding ortho intramolecular Hbond substituents is 1. The molecule has 0 bridgehead atoms. The Labute approximate surface area is 143 Å². The number of carbonyl (C=O) groups excluding carboxylic acids is 2. The Bertz CT molecular complexity index is 867. The minimum atomic E-state index is -0.487. The lowest BCUT2D eigenvalue weighted by atomic mass is 10.1. The summed E-state index contributed by atoms with van der Waals surface area (Å²) in [5.41, 5.74) is 1.27. The minimum absolute atomic E-state index is 0.0553. The molecule has 3 amide bonds. The highest BCUT2D eigenvalue weighted by Crippen LogP contribution is 2.37. The van der Waals surface area contributed by atoms with Crippen LogP contribution in [-0.4, -0.2) is 36.9 Å². The molecule has 2 heterocycles. The van der Waals surface area contributed by atoms with Crippen molar-refractivity contribution in [2.24, 2.45) is 0 Å². The highest BCUT2D eigenvalue weighted by Gasteiger charge is 2.23. The van der Waals surface area contributed by atoms with Crippen LogP contribution in [0.25, 0.3) is 0 Å². The number of hydrogen-bond acceptors (Lipinski definition) is 5. The van der Waals surface area contributed by atoms with E-state index in [0.717, 1.165) is 0 Å². The summed E-state index contributed by atoms with van der Waals surface area (Å²) in [4.78, 5) is 25.8. The van der Waals surface area contributed by atoms with Crippen LogP contribution in [0.15, 0.2) is 36.4 Å². The first kappa shape index (κ1) is 15.1. The quantitative estimate of drug-likeness (QED) is 0.792. The average molecular weight is 341 g/mol. The lowest BCUT2D eigenvalue weighted by molar-refractivity contribution is 0.102. The zero-order chi connectivity index (χ0) is 17.4. The molecule has 3 N–H and O–H groups in total. The number of aromatic hydroxyl groups is 1. The van der Waals surface area contributed by atoms with Crippen LogP contribution < -0.4 is 25.0 Å². The van der Waals surface area contributed by atoms with Gasteiger partial charge in [0.15, 0.2) is 11.5 Å². The molecule has 1 saturated heterocycles. The van der Waals surface area contributed by atoms with Crippen LogP contribution in [0, 0.1) is 0 Å². The zero-order valence-electron chi connectivity index (χ0n) is 13.1. The number of ether oxygens (including phenoxy) is 2. The predicted molar refractivity (Wildman–Crippen MR) is 89.4 cm³/mol. The van der Waals surface area contributed by atoms with Crippen LogP contribution >= 0.6 is 0 Å². The molecule has 0 spiro atoms. The first-order valence-electron chi connectivity index (χ1n) is 7.71. The van der Waals surface area contributed by atoms with Gasteiger partial charge >= 0.3 is 6.03 Å². The summed E-state index contributed by atoms with van der Waals surface area (Å²) >= 11 is 0. The molecule has 0 aromatic heterocycles. The van der Waals surface area contributed by atoms with Crippen LogP contribution in [0.1, 0.15) is 10.4 Å². The van der Waals surface area contributed by atoms with E-state index in [2.05, 4.69) is 10.6 Å². The standard InChI is InChI=1S/C17H15N3O5/c21-13-8-15-14(24-9-25-15)7-12(13)16(22)19-10-2-1-3-11(6-10)20-5-4-18-17(20)23/h1-3,6-8,21H,4-5,9H2,(H,18,23)(H,19,22). The molecule has 25 heavy (non-hydrogen) atoms. The van der Waals surface area contributed by atoms with Gasteiger partial charge < -0.3 is 25.2 Å². The summed E-state index contributed by atoms with van der Waals surface area (Å²) in [5, 5.41) is 15.5. The van der Waals surface area contributed by atoms with Crippen molar-refractivity contribution in [3.63, 3.8) is 0 Å². The third-order valence-corrected chi connectivity index (χ3v) is 4.01. The number of fused-ring (bicyclic) bond motifs is 1. The molecular weight excluding hydrogens is 326 g/mol. The van der Waals surface area contributed by atoms with Gasteiger partial charge in [-0.1, -0.05) is 6.07 Å². The molecule has 0 atom stereocenters. The Morgan fingerprint density at radius 3 is 2.76 bits per heavy atom. The van der Waals surface area contributed by atoms with E-state index in [1.165, 1.54) is 12.1 Å². The smallest absolute Gasteiger partial charge is 0.321 e. The fraction of sp³-hybridized carbons (Fsp3) is 0.176. The van der Waals surface area contributed by atoms with E-state index in [1.807, 2.05) is 0 Å². The Morgan fingerprint density at radius 1 is 1.20 bits per heavy atom. The summed E-state index contributed by atoms with van der Waals surface area (Å²) in [6, 6.07) is 9.56. The van der Waals surface area contributed by atoms with Crippen molar-refractivity contribution in [3.05, 3.63) is 42.0 Å². The van der Waals surface area contributed by atoms with Crippen LogP contribution in [-0.2, 0) is 0 Å². The number of nitrogens with one attached hydrogen (secondary N) is 2. The monoisotopic (exact) mass is 341 g/mol. The molecule has 8 heteroatoms. The van der Waals surface area contributed by atoms with Gasteiger partial charge in [0.05, 0.1) is 5.56 Å². The van der Waals surface area contributed by atoms with E-state index >= 15 is 0 Å². The van der Waals surface area contributed by atoms with Crippen LogP contribution in [0.3, 0.4) is 0 Å². The highest BCUT2D eigenvalue weighted by molar-refractivity contribution is 6.07. The third kappa shape index (κ3) is 2.78. The summed E-state index contributed by atoms with van der Waals surface area (Å²) in [7, 11) is 0. The number of benzene rings is 2. The number of urea groups is 1. The molecule has 0 radical (unpaired) electrons. The van der Waals surface area contributed by atoms with Crippen LogP contribution in [0.5, 0.6) is 17.2 Å². The molecule has 4 rings (SSSR count). The molecular formula is C17H15N3O5. The van der Waals surface area contributed by atoms with Gasteiger partial charge in [0.1, 0.15) is 5.75 Å². The molecule has 8 nitrogen and oxygen atoms in total. The van der Waals surface area contributed by atoms with E-state index in [-0.39, 0.29) is 24.1 Å². The Hall–Kier alpha value is -3.42.